The zero-order chi connectivity index (χ0) is 21.7. The largest absolute Gasteiger partial charge is 0.490 e. The molecule has 0 aliphatic heterocycles. The van der Waals surface area contributed by atoms with Crippen molar-refractivity contribution in [2.24, 2.45) is 0 Å². The van der Waals surface area contributed by atoms with Crippen molar-refractivity contribution < 1.29 is 9.47 Å². The quantitative estimate of drug-likeness (QED) is 0.554. The zero-order valence-electron chi connectivity index (χ0n) is 16.7. The molecule has 0 amide bonds. The van der Waals surface area contributed by atoms with Gasteiger partial charge in [0.25, 0.3) is 0 Å². The molecule has 2 N–H and O–H groups in total. The molecule has 5 nitrogen and oxygen atoms in total. The summed E-state index contributed by atoms with van der Waals surface area (Å²) in [5, 5.41) is 10.2. The van der Waals surface area contributed by atoms with Gasteiger partial charge in [-0.25, -0.2) is 4.98 Å². The predicted octanol–water partition coefficient (Wildman–Crippen LogP) is 5.24. The Bertz CT molecular complexity index is 1160. The number of terminal acetylenes is 1. The van der Waals surface area contributed by atoms with E-state index in [1.165, 1.54) is 0 Å². The Hall–Kier alpha value is -3.67. The molecule has 0 atom stereocenters. The Morgan fingerprint density at radius 1 is 1.13 bits per heavy atom. The number of anilines is 1. The molecule has 0 fully saturated rings. The number of hydrogen-bond acceptors (Lipinski definition) is 5. The van der Waals surface area contributed by atoms with Crippen LogP contribution < -0.4 is 15.2 Å². The maximum Gasteiger partial charge on any atom is 0.181 e. The molecule has 1 aromatic heterocycles. The van der Waals surface area contributed by atoms with Gasteiger partial charge in [0.05, 0.1) is 11.6 Å². The van der Waals surface area contributed by atoms with Gasteiger partial charge < -0.3 is 15.2 Å². The van der Waals surface area contributed by atoms with E-state index < -0.39 is 0 Å². The highest BCUT2D eigenvalue weighted by Gasteiger charge is 2.22. The molecule has 0 aliphatic rings. The lowest BCUT2D eigenvalue weighted by Crippen LogP contribution is -2.04. The minimum Gasteiger partial charge on any atom is -0.490 e. The first kappa shape index (κ1) is 21.0. The minimum absolute atomic E-state index is 0.0547. The lowest BCUT2D eigenvalue weighted by molar-refractivity contribution is 0.299. The van der Waals surface area contributed by atoms with E-state index >= 15 is 0 Å². The molecule has 6 heteroatoms. The second-order valence-electron chi connectivity index (χ2n) is 6.40. The normalized spacial score (nSPS) is 10.2. The van der Waals surface area contributed by atoms with E-state index in [1.807, 2.05) is 44.2 Å². The molecule has 0 bridgehead atoms. The first-order valence-corrected chi connectivity index (χ1v) is 9.68. The SMILES string of the molecule is C#CCOc1c(Cl)cc(-c2c(C#N)c(N)nc(C)c2-c2ccccc2)cc1OCC. The summed E-state index contributed by atoms with van der Waals surface area (Å²) in [6.07, 6.45) is 5.31. The first-order valence-electron chi connectivity index (χ1n) is 9.30. The molecule has 2 aromatic carbocycles. The molecule has 3 aromatic rings. The number of nitrogen functional groups attached to an aromatic ring is 1. The van der Waals surface area contributed by atoms with Crippen molar-refractivity contribution in [2.45, 2.75) is 13.8 Å². The van der Waals surface area contributed by atoms with Crippen LogP contribution in [0.4, 0.5) is 5.82 Å². The van der Waals surface area contributed by atoms with Gasteiger partial charge in [-0.2, -0.15) is 5.26 Å². The van der Waals surface area contributed by atoms with E-state index in [4.69, 9.17) is 33.2 Å². The van der Waals surface area contributed by atoms with Crippen molar-refractivity contribution in [1.29, 1.82) is 5.26 Å². The van der Waals surface area contributed by atoms with Gasteiger partial charge in [-0.15, -0.1) is 6.42 Å². The van der Waals surface area contributed by atoms with Crippen LogP contribution in [-0.2, 0) is 0 Å². The Morgan fingerprint density at radius 3 is 2.50 bits per heavy atom. The van der Waals surface area contributed by atoms with Crippen LogP contribution in [0.2, 0.25) is 5.02 Å². The number of pyridine rings is 1. The molecule has 3 rings (SSSR count). The van der Waals surface area contributed by atoms with E-state index in [-0.39, 0.29) is 18.0 Å². The van der Waals surface area contributed by atoms with Gasteiger partial charge in [0, 0.05) is 16.8 Å². The van der Waals surface area contributed by atoms with Gasteiger partial charge in [0.1, 0.15) is 24.1 Å². The van der Waals surface area contributed by atoms with Crippen molar-refractivity contribution in [1.82, 2.24) is 4.98 Å². The third-order valence-electron chi connectivity index (χ3n) is 4.48. The zero-order valence-corrected chi connectivity index (χ0v) is 17.5. The summed E-state index contributed by atoms with van der Waals surface area (Å²) in [4.78, 5) is 4.39. The summed E-state index contributed by atoms with van der Waals surface area (Å²) in [6, 6.07) is 15.4. The van der Waals surface area contributed by atoms with Crippen molar-refractivity contribution in [3.63, 3.8) is 0 Å². The van der Waals surface area contributed by atoms with Crippen molar-refractivity contribution in [3.05, 3.63) is 58.7 Å². The van der Waals surface area contributed by atoms with E-state index in [2.05, 4.69) is 17.0 Å². The van der Waals surface area contributed by atoms with Crippen molar-refractivity contribution in [3.8, 4) is 52.2 Å². The number of nitrogens with two attached hydrogens (primary N) is 1. The number of halogens is 1. The summed E-state index contributed by atoms with van der Waals surface area (Å²) < 4.78 is 11.3. The monoisotopic (exact) mass is 417 g/mol. The number of benzene rings is 2. The Kier molecular flexibility index (Phi) is 6.47. The second-order valence-corrected chi connectivity index (χ2v) is 6.80. The van der Waals surface area contributed by atoms with Crippen LogP contribution in [-0.4, -0.2) is 18.2 Å². The minimum atomic E-state index is 0.0547. The molecule has 0 spiro atoms. The molecule has 0 unspecified atom stereocenters. The smallest absolute Gasteiger partial charge is 0.181 e. The van der Waals surface area contributed by atoms with Gasteiger partial charge >= 0.3 is 0 Å². The molecule has 0 saturated carbocycles. The maximum atomic E-state index is 9.85. The topological polar surface area (TPSA) is 81.2 Å². The average molecular weight is 418 g/mol. The van der Waals surface area contributed by atoms with Crippen molar-refractivity contribution in [2.75, 3.05) is 18.9 Å². The number of aromatic nitrogens is 1. The lowest BCUT2D eigenvalue weighted by Gasteiger charge is -2.19. The van der Waals surface area contributed by atoms with Crippen LogP contribution in [0.1, 0.15) is 18.2 Å². The number of nitrogens with zero attached hydrogens (tertiary/aromatic N) is 2. The fourth-order valence-corrected chi connectivity index (χ4v) is 3.58. The second kappa shape index (κ2) is 9.22. The van der Waals surface area contributed by atoms with Gasteiger partial charge in [0.15, 0.2) is 11.5 Å². The van der Waals surface area contributed by atoms with Crippen LogP contribution in [0.25, 0.3) is 22.3 Å². The molecule has 30 heavy (non-hydrogen) atoms. The molecule has 1 heterocycles. The van der Waals surface area contributed by atoms with Crippen LogP contribution >= 0.6 is 11.6 Å². The Morgan fingerprint density at radius 2 is 1.87 bits per heavy atom. The van der Waals surface area contributed by atoms with Crippen LogP contribution in [0.15, 0.2) is 42.5 Å². The van der Waals surface area contributed by atoms with E-state index in [0.29, 0.717) is 39.9 Å². The standard InChI is InChI=1S/C24H20ClN3O2/c1-4-11-30-23-19(25)12-17(13-20(23)29-5-2)22-18(14-26)24(27)28-15(3)21(22)16-9-7-6-8-10-16/h1,6-10,12-13H,5,11H2,2-3H3,(H2,27,28). The number of rotatable bonds is 6. The first-order chi connectivity index (χ1) is 14.5. The summed E-state index contributed by atoms with van der Waals surface area (Å²) >= 11 is 6.53. The summed E-state index contributed by atoms with van der Waals surface area (Å²) in [7, 11) is 0. The van der Waals surface area contributed by atoms with Crippen LogP contribution in [0.3, 0.4) is 0 Å². The van der Waals surface area contributed by atoms with E-state index in [9.17, 15) is 5.26 Å². The van der Waals surface area contributed by atoms with Gasteiger partial charge in [-0.1, -0.05) is 47.9 Å². The summed E-state index contributed by atoms with van der Waals surface area (Å²) in [5.41, 5.74) is 10.1. The molecular formula is C24H20ClN3O2. The number of nitriles is 1. The number of aryl methyl sites for hydroxylation is 1. The van der Waals surface area contributed by atoms with Crippen molar-refractivity contribution >= 4 is 17.4 Å². The van der Waals surface area contributed by atoms with Crippen LogP contribution in [0.5, 0.6) is 11.5 Å². The third-order valence-corrected chi connectivity index (χ3v) is 4.76. The summed E-state index contributed by atoms with van der Waals surface area (Å²) in [5.74, 6) is 3.37. The fraction of sp³-hybridized carbons (Fsp3) is 0.167. The molecule has 0 aliphatic carbocycles. The predicted molar refractivity (Wildman–Crippen MR) is 119 cm³/mol. The molecular weight excluding hydrogens is 398 g/mol. The molecule has 150 valence electrons. The molecule has 0 saturated heterocycles. The molecule has 0 radical (unpaired) electrons. The maximum absolute atomic E-state index is 9.85. The Balaban J connectivity index is 2.35. The highest BCUT2D eigenvalue weighted by atomic mass is 35.5. The van der Waals surface area contributed by atoms with Gasteiger partial charge in [-0.3, -0.25) is 0 Å². The van der Waals surface area contributed by atoms with Gasteiger partial charge in [-0.05, 0) is 37.1 Å². The highest BCUT2D eigenvalue weighted by molar-refractivity contribution is 6.32. The summed E-state index contributed by atoms with van der Waals surface area (Å²) in [6.45, 7) is 4.18. The van der Waals surface area contributed by atoms with E-state index in [1.54, 1.807) is 12.1 Å². The number of ether oxygens (including phenoxy) is 2. The fourth-order valence-electron chi connectivity index (χ4n) is 3.32. The Labute approximate surface area is 181 Å². The van der Waals surface area contributed by atoms with E-state index in [0.717, 1.165) is 11.1 Å². The van der Waals surface area contributed by atoms with Crippen LogP contribution in [0, 0.1) is 30.6 Å². The highest BCUT2D eigenvalue weighted by Crippen LogP contribution is 2.44. The average Bonchev–Trinajstić information content (AvgIpc) is 2.73. The number of hydrogen-bond donors (Lipinski definition) is 1. The van der Waals surface area contributed by atoms with Gasteiger partial charge in [0.2, 0.25) is 0 Å². The lowest BCUT2D eigenvalue weighted by atomic mass is 9.90. The third kappa shape index (κ3) is 4.03.